The molecule has 8 nitrogen and oxygen atoms in total. The number of aliphatic carboxylic acids is 1. The SMILES string of the molecule is CCNC(=O)c1ccc(NCCCC(=O)O)c([N+](=O)[O-])c1. The molecule has 3 N–H and O–H groups in total. The van der Waals surface area contributed by atoms with Gasteiger partial charge in [-0.2, -0.15) is 0 Å². The summed E-state index contributed by atoms with van der Waals surface area (Å²) in [5, 5.41) is 24.9. The Morgan fingerprint density at radius 3 is 2.67 bits per heavy atom. The van der Waals surface area contributed by atoms with E-state index in [1.165, 1.54) is 18.2 Å². The maximum Gasteiger partial charge on any atom is 0.303 e. The monoisotopic (exact) mass is 295 g/mol. The van der Waals surface area contributed by atoms with Crippen LogP contribution in [0.15, 0.2) is 18.2 Å². The Labute approximate surface area is 121 Å². The van der Waals surface area contributed by atoms with Gasteiger partial charge in [0.05, 0.1) is 4.92 Å². The lowest BCUT2D eigenvalue weighted by atomic mass is 10.1. The van der Waals surface area contributed by atoms with Crippen molar-refractivity contribution in [1.29, 1.82) is 0 Å². The second-order valence-electron chi connectivity index (χ2n) is 4.27. The Morgan fingerprint density at radius 2 is 2.10 bits per heavy atom. The zero-order chi connectivity index (χ0) is 15.8. The molecule has 0 aromatic heterocycles. The number of hydrogen-bond donors (Lipinski definition) is 3. The second-order valence-corrected chi connectivity index (χ2v) is 4.27. The van der Waals surface area contributed by atoms with E-state index in [9.17, 15) is 19.7 Å². The molecule has 0 heterocycles. The molecule has 0 aliphatic carbocycles. The van der Waals surface area contributed by atoms with Crippen LogP contribution in [0, 0.1) is 10.1 Å². The Morgan fingerprint density at radius 1 is 1.38 bits per heavy atom. The lowest BCUT2D eigenvalue weighted by Crippen LogP contribution is -2.22. The summed E-state index contributed by atoms with van der Waals surface area (Å²) in [6.07, 6.45) is 0.336. The highest BCUT2D eigenvalue weighted by Crippen LogP contribution is 2.25. The summed E-state index contributed by atoms with van der Waals surface area (Å²) in [6.45, 7) is 2.49. The Hall–Kier alpha value is -2.64. The van der Waals surface area contributed by atoms with Crippen molar-refractivity contribution in [2.45, 2.75) is 19.8 Å². The van der Waals surface area contributed by atoms with Crippen LogP contribution in [-0.4, -0.2) is 35.0 Å². The molecule has 1 aromatic carbocycles. The van der Waals surface area contributed by atoms with Gasteiger partial charge in [-0.3, -0.25) is 19.7 Å². The first-order chi connectivity index (χ1) is 9.95. The third kappa shape index (κ3) is 5.09. The summed E-state index contributed by atoms with van der Waals surface area (Å²) in [6, 6.07) is 4.13. The van der Waals surface area contributed by atoms with E-state index in [2.05, 4.69) is 10.6 Å². The first-order valence-corrected chi connectivity index (χ1v) is 6.48. The number of anilines is 1. The van der Waals surface area contributed by atoms with Gasteiger partial charge >= 0.3 is 5.97 Å². The predicted molar refractivity (Wildman–Crippen MR) is 76.5 cm³/mol. The van der Waals surface area contributed by atoms with Gasteiger partial charge in [0.15, 0.2) is 0 Å². The van der Waals surface area contributed by atoms with E-state index in [0.29, 0.717) is 19.5 Å². The van der Waals surface area contributed by atoms with E-state index in [1.807, 2.05) is 0 Å². The second kappa shape index (κ2) is 7.83. The van der Waals surface area contributed by atoms with E-state index < -0.39 is 10.9 Å². The van der Waals surface area contributed by atoms with Gasteiger partial charge in [-0.15, -0.1) is 0 Å². The van der Waals surface area contributed by atoms with Gasteiger partial charge in [-0.05, 0) is 25.5 Å². The van der Waals surface area contributed by atoms with Crippen molar-refractivity contribution in [2.75, 3.05) is 18.4 Å². The zero-order valence-electron chi connectivity index (χ0n) is 11.6. The van der Waals surface area contributed by atoms with Crippen LogP contribution < -0.4 is 10.6 Å². The number of carboxylic acid groups (broad SMARTS) is 1. The number of nitro groups is 1. The summed E-state index contributed by atoms with van der Waals surface area (Å²) in [4.78, 5) is 32.5. The highest BCUT2D eigenvalue weighted by molar-refractivity contribution is 5.95. The lowest BCUT2D eigenvalue weighted by Gasteiger charge is -2.08. The summed E-state index contributed by atoms with van der Waals surface area (Å²) in [7, 11) is 0. The summed E-state index contributed by atoms with van der Waals surface area (Å²) < 4.78 is 0. The summed E-state index contributed by atoms with van der Waals surface area (Å²) in [5.41, 5.74) is 0.257. The quantitative estimate of drug-likeness (QED) is 0.380. The molecule has 114 valence electrons. The molecule has 1 amide bonds. The Bertz CT molecular complexity index is 545. The van der Waals surface area contributed by atoms with E-state index in [0.717, 1.165) is 0 Å². The Balaban J connectivity index is 2.82. The normalized spacial score (nSPS) is 9.95. The molecule has 1 aromatic rings. The van der Waals surface area contributed by atoms with Crippen LogP contribution >= 0.6 is 0 Å². The third-order valence-electron chi connectivity index (χ3n) is 2.68. The van der Waals surface area contributed by atoms with Crippen LogP contribution in [0.1, 0.15) is 30.1 Å². The van der Waals surface area contributed by atoms with E-state index >= 15 is 0 Å². The molecular formula is C13H17N3O5. The maximum atomic E-state index is 11.6. The number of rotatable bonds is 8. The topological polar surface area (TPSA) is 122 Å². The van der Waals surface area contributed by atoms with Crippen LogP contribution in [0.3, 0.4) is 0 Å². The van der Waals surface area contributed by atoms with E-state index in [-0.39, 0.29) is 29.3 Å². The van der Waals surface area contributed by atoms with Crippen LogP contribution in [-0.2, 0) is 4.79 Å². The molecule has 8 heteroatoms. The molecule has 0 aliphatic heterocycles. The van der Waals surface area contributed by atoms with Crippen molar-refractivity contribution in [3.63, 3.8) is 0 Å². The molecule has 0 fully saturated rings. The fourth-order valence-electron chi connectivity index (χ4n) is 1.70. The first kappa shape index (κ1) is 16.4. The molecule has 0 saturated carbocycles. The molecular weight excluding hydrogens is 278 g/mol. The van der Waals surface area contributed by atoms with Crippen LogP contribution in [0.2, 0.25) is 0 Å². The van der Waals surface area contributed by atoms with Crippen LogP contribution in [0.4, 0.5) is 11.4 Å². The van der Waals surface area contributed by atoms with Gasteiger partial charge in [0, 0.05) is 31.1 Å². The molecule has 0 spiro atoms. The zero-order valence-corrected chi connectivity index (χ0v) is 11.6. The van der Waals surface area contributed by atoms with Crippen molar-refractivity contribution in [2.24, 2.45) is 0 Å². The molecule has 0 radical (unpaired) electrons. The number of carbonyl (C=O) groups excluding carboxylic acids is 1. The average Bonchev–Trinajstić information content (AvgIpc) is 2.43. The Kier molecular flexibility index (Phi) is 6.12. The molecule has 0 saturated heterocycles. The summed E-state index contributed by atoms with van der Waals surface area (Å²) >= 11 is 0. The number of nitro benzene ring substituents is 1. The van der Waals surface area contributed by atoms with Crippen molar-refractivity contribution < 1.29 is 19.6 Å². The third-order valence-corrected chi connectivity index (χ3v) is 2.68. The smallest absolute Gasteiger partial charge is 0.303 e. The number of nitrogens with one attached hydrogen (secondary N) is 2. The number of nitrogens with zero attached hydrogens (tertiary/aromatic N) is 1. The minimum Gasteiger partial charge on any atom is -0.481 e. The fourth-order valence-corrected chi connectivity index (χ4v) is 1.70. The van der Waals surface area contributed by atoms with E-state index in [1.54, 1.807) is 6.92 Å². The lowest BCUT2D eigenvalue weighted by molar-refractivity contribution is -0.384. The number of amides is 1. The van der Waals surface area contributed by atoms with Gasteiger partial charge in [0.1, 0.15) is 5.69 Å². The van der Waals surface area contributed by atoms with Crippen molar-refractivity contribution >= 4 is 23.3 Å². The largest absolute Gasteiger partial charge is 0.481 e. The maximum absolute atomic E-state index is 11.6. The molecule has 1 rings (SSSR count). The standard InChI is InChI=1S/C13H17N3O5/c1-2-14-13(19)9-5-6-10(11(8-9)16(20)21)15-7-3-4-12(17)18/h5-6,8,15H,2-4,7H2,1H3,(H,14,19)(H,17,18). The first-order valence-electron chi connectivity index (χ1n) is 6.48. The summed E-state index contributed by atoms with van der Waals surface area (Å²) in [5.74, 6) is -1.30. The highest BCUT2D eigenvalue weighted by Gasteiger charge is 2.17. The van der Waals surface area contributed by atoms with Gasteiger partial charge in [0.2, 0.25) is 0 Å². The minimum absolute atomic E-state index is 0.0161. The minimum atomic E-state index is -0.919. The predicted octanol–water partition coefficient (Wildman–Crippen LogP) is 1.62. The average molecular weight is 295 g/mol. The van der Waals surface area contributed by atoms with Crippen molar-refractivity contribution in [1.82, 2.24) is 5.32 Å². The number of hydrogen-bond acceptors (Lipinski definition) is 5. The molecule has 0 atom stereocenters. The molecule has 21 heavy (non-hydrogen) atoms. The van der Waals surface area contributed by atoms with Gasteiger partial charge < -0.3 is 15.7 Å². The number of benzene rings is 1. The molecule has 0 aliphatic rings. The van der Waals surface area contributed by atoms with Gasteiger partial charge in [0.25, 0.3) is 11.6 Å². The highest BCUT2D eigenvalue weighted by atomic mass is 16.6. The van der Waals surface area contributed by atoms with Crippen molar-refractivity contribution in [3.05, 3.63) is 33.9 Å². The number of carboxylic acids is 1. The molecule has 0 unspecified atom stereocenters. The van der Waals surface area contributed by atoms with E-state index in [4.69, 9.17) is 5.11 Å². The fraction of sp³-hybridized carbons (Fsp3) is 0.385. The van der Waals surface area contributed by atoms with Gasteiger partial charge in [-0.1, -0.05) is 0 Å². The van der Waals surface area contributed by atoms with Gasteiger partial charge in [-0.25, -0.2) is 0 Å². The number of carbonyl (C=O) groups is 2. The molecule has 0 bridgehead atoms. The van der Waals surface area contributed by atoms with Crippen LogP contribution in [0.5, 0.6) is 0 Å². The van der Waals surface area contributed by atoms with Crippen molar-refractivity contribution in [3.8, 4) is 0 Å². The van der Waals surface area contributed by atoms with Crippen LogP contribution in [0.25, 0.3) is 0 Å².